The molecule has 1 aliphatic rings. The van der Waals surface area contributed by atoms with Crippen LogP contribution in [0.4, 0.5) is 0 Å². The average Bonchev–Trinajstić information content (AvgIpc) is 2.96. The van der Waals surface area contributed by atoms with Crippen molar-refractivity contribution in [1.82, 2.24) is 0 Å². The summed E-state index contributed by atoms with van der Waals surface area (Å²) < 4.78 is 10.1. The van der Waals surface area contributed by atoms with Crippen LogP contribution in [0.2, 0.25) is 0 Å². The summed E-state index contributed by atoms with van der Waals surface area (Å²) in [6.07, 6.45) is 1.44. The lowest BCUT2D eigenvalue weighted by Crippen LogP contribution is -3.11. The van der Waals surface area contributed by atoms with Crippen molar-refractivity contribution < 1.29 is 29.1 Å². The molecule has 0 spiro atoms. The summed E-state index contributed by atoms with van der Waals surface area (Å²) >= 11 is 0. The molecule has 6 heteroatoms. The smallest absolute Gasteiger partial charge is 0.377 e. The first-order valence-electron chi connectivity index (χ1n) is 9.04. The third-order valence-corrected chi connectivity index (χ3v) is 4.35. The lowest BCUT2D eigenvalue weighted by Gasteiger charge is -2.30. The predicted molar refractivity (Wildman–Crippen MR) is 96.8 cm³/mol. The summed E-state index contributed by atoms with van der Waals surface area (Å²) in [6.45, 7) is 13.6. The standard InChI is InChI=1S/C14H14O5.C6H15N/c1-9(2)14(13(16)17)18-11(12(15)19-14)8-10-6-4-3-5-7-10;1-4-7(5-2)6-3/h3-9H,1-2H3,(H,16,17);4-6H2,1-3H3/b11-8-;/t14-;/m0./s1. The van der Waals surface area contributed by atoms with Gasteiger partial charge in [-0.25, -0.2) is 4.79 Å². The molecule has 1 aromatic rings. The Hall–Kier alpha value is -2.34. The van der Waals surface area contributed by atoms with Crippen LogP contribution in [-0.2, 0) is 19.1 Å². The first-order chi connectivity index (χ1) is 12.3. The molecule has 1 aliphatic heterocycles. The lowest BCUT2D eigenvalue weighted by molar-refractivity contribution is -0.894. The van der Waals surface area contributed by atoms with Crippen molar-refractivity contribution in [2.75, 3.05) is 19.6 Å². The van der Waals surface area contributed by atoms with Gasteiger partial charge in [-0.05, 0) is 32.4 Å². The van der Waals surface area contributed by atoms with E-state index in [0.717, 1.165) is 0 Å². The van der Waals surface area contributed by atoms with E-state index >= 15 is 0 Å². The number of nitrogens with one attached hydrogen (secondary N) is 1. The number of carbonyl (C=O) groups excluding carboxylic acids is 2. The van der Waals surface area contributed by atoms with Crippen molar-refractivity contribution in [1.29, 1.82) is 0 Å². The molecule has 1 atom stereocenters. The van der Waals surface area contributed by atoms with Crippen LogP contribution in [0, 0.1) is 5.92 Å². The zero-order valence-electron chi connectivity index (χ0n) is 16.2. The van der Waals surface area contributed by atoms with Crippen molar-refractivity contribution in [2.45, 2.75) is 40.4 Å². The van der Waals surface area contributed by atoms with Gasteiger partial charge in [0.25, 0.3) is 5.79 Å². The first-order valence-corrected chi connectivity index (χ1v) is 9.04. The van der Waals surface area contributed by atoms with Gasteiger partial charge in [0, 0.05) is 5.92 Å². The largest absolute Gasteiger partial charge is 0.543 e. The van der Waals surface area contributed by atoms with Crippen LogP contribution in [0.1, 0.15) is 40.2 Å². The van der Waals surface area contributed by atoms with Crippen molar-refractivity contribution in [3.05, 3.63) is 41.7 Å². The van der Waals surface area contributed by atoms with E-state index in [9.17, 15) is 14.7 Å². The normalized spacial score (nSPS) is 20.6. The Labute approximate surface area is 155 Å². The fourth-order valence-electron chi connectivity index (χ4n) is 2.51. The van der Waals surface area contributed by atoms with Crippen LogP contribution < -0.4 is 10.0 Å². The molecule has 1 heterocycles. The van der Waals surface area contributed by atoms with E-state index in [2.05, 4.69) is 20.8 Å². The molecule has 6 nitrogen and oxygen atoms in total. The maximum absolute atomic E-state index is 11.7. The minimum absolute atomic E-state index is 0.135. The molecular weight excluding hydrogens is 334 g/mol. The van der Waals surface area contributed by atoms with Gasteiger partial charge in [0.15, 0.2) is 0 Å². The maximum Gasteiger partial charge on any atom is 0.377 e. The van der Waals surface area contributed by atoms with Crippen molar-refractivity contribution in [3.63, 3.8) is 0 Å². The van der Waals surface area contributed by atoms with Crippen molar-refractivity contribution >= 4 is 18.0 Å². The van der Waals surface area contributed by atoms with E-state index in [4.69, 9.17) is 9.47 Å². The minimum atomic E-state index is -2.04. The maximum atomic E-state index is 11.7. The van der Waals surface area contributed by atoms with E-state index in [1.165, 1.54) is 25.7 Å². The van der Waals surface area contributed by atoms with Crippen LogP contribution >= 0.6 is 0 Å². The molecule has 0 radical (unpaired) electrons. The number of hydrogen-bond donors (Lipinski definition) is 1. The minimum Gasteiger partial charge on any atom is -0.543 e. The summed E-state index contributed by atoms with van der Waals surface area (Å²) in [6, 6.07) is 8.94. The summed E-state index contributed by atoms with van der Waals surface area (Å²) in [5.41, 5.74) is 0.715. The fraction of sp³-hybridized carbons (Fsp3) is 0.500. The summed E-state index contributed by atoms with van der Waals surface area (Å²) in [7, 11) is 0. The number of benzene rings is 1. The number of carboxylic acid groups (broad SMARTS) is 1. The topological polar surface area (TPSA) is 80.1 Å². The molecule has 1 aromatic carbocycles. The molecule has 2 rings (SSSR count). The van der Waals surface area contributed by atoms with Crippen molar-refractivity contribution in [2.24, 2.45) is 5.92 Å². The number of esters is 1. The van der Waals surface area contributed by atoms with Gasteiger partial charge in [0.1, 0.15) is 5.97 Å². The zero-order valence-corrected chi connectivity index (χ0v) is 16.2. The van der Waals surface area contributed by atoms with Gasteiger partial charge >= 0.3 is 5.97 Å². The van der Waals surface area contributed by atoms with Crippen LogP contribution in [-0.4, -0.2) is 37.4 Å². The van der Waals surface area contributed by atoms with E-state index in [0.29, 0.717) is 5.56 Å². The molecule has 0 amide bonds. The highest BCUT2D eigenvalue weighted by Crippen LogP contribution is 2.34. The Morgan fingerprint density at radius 1 is 1.12 bits per heavy atom. The third-order valence-electron chi connectivity index (χ3n) is 4.35. The number of quaternary nitrogens is 1. The number of rotatable bonds is 6. The Morgan fingerprint density at radius 2 is 1.65 bits per heavy atom. The van der Waals surface area contributed by atoms with Gasteiger partial charge in [0.2, 0.25) is 5.76 Å². The van der Waals surface area contributed by atoms with E-state index in [1.807, 2.05) is 6.07 Å². The fourth-order valence-corrected chi connectivity index (χ4v) is 2.51. The quantitative estimate of drug-likeness (QED) is 0.592. The monoisotopic (exact) mass is 363 g/mol. The molecule has 0 saturated carbocycles. The number of cyclic esters (lactones) is 1. The van der Waals surface area contributed by atoms with Gasteiger partial charge in [0.05, 0.1) is 19.6 Å². The van der Waals surface area contributed by atoms with Crippen LogP contribution in [0.5, 0.6) is 0 Å². The van der Waals surface area contributed by atoms with E-state index < -0.39 is 23.6 Å². The number of carbonyl (C=O) groups is 2. The Morgan fingerprint density at radius 3 is 2.00 bits per heavy atom. The van der Waals surface area contributed by atoms with Crippen LogP contribution in [0.25, 0.3) is 6.08 Å². The lowest BCUT2D eigenvalue weighted by atomic mass is 10.0. The molecule has 0 unspecified atom stereocenters. The molecule has 0 bridgehead atoms. The molecule has 26 heavy (non-hydrogen) atoms. The molecule has 144 valence electrons. The predicted octanol–water partition coefficient (Wildman–Crippen LogP) is 0.634. The zero-order chi connectivity index (χ0) is 19.7. The van der Waals surface area contributed by atoms with Crippen molar-refractivity contribution in [3.8, 4) is 0 Å². The van der Waals surface area contributed by atoms with Gasteiger partial charge in [-0.3, -0.25) is 0 Å². The first kappa shape index (κ1) is 21.7. The number of carboxylic acids is 1. The SMILES string of the molecule is CC(C)[C@@]1(C(=O)[O-])OC(=O)/C(=C/c2ccccc2)O1.CC[NH+](CC)CC. The Bertz CT molecular complexity index is 617. The highest BCUT2D eigenvalue weighted by molar-refractivity contribution is 5.96. The van der Waals surface area contributed by atoms with Gasteiger partial charge in [-0.2, -0.15) is 0 Å². The Balaban J connectivity index is 0.000000412. The summed E-state index contributed by atoms with van der Waals surface area (Å²) in [5, 5.41) is 11.2. The Kier molecular flexibility index (Phi) is 8.32. The summed E-state index contributed by atoms with van der Waals surface area (Å²) in [4.78, 5) is 24.5. The molecule has 1 N–H and O–H groups in total. The molecule has 1 saturated heterocycles. The third kappa shape index (κ3) is 5.33. The van der Waals surface area contributed by atoms with Crippen LogP contribution in [0.15, 0.2) is 36.1 Å². The van der Waals surface area contributed by atoms with Crippen LogP contribution in [0.3, 0.4) is 0 Å². The molecular formula is C20H29NO5. The number of hydrogen-bond acceptors (Lipinski definition) is 5. The number of ether oxygens (including phenoxy) is 2. The second-order valence-corrected chi connectivity index (χ2v) is 6.33. The average molecular weight is 363 g/mol. The van der Waals surface area contributed by atoms with E-state index in [-0.39, 0.29) is 5.76 Å². The molecule has 0 aliphatic carbocycles. The second kappa shape index (κ2) is 9.97. The summed E-state index contributed by atoms with van der Waals surface area (Å²) in [5.74, 6) is -5.11. The van der Waals surface area contributed by atoms with E-state index in [1.54, 1.807) is 43.0 Å². The highest BCUT2D eigenvalue weighted by atomic mass is 16.8. The highest BCUT2D eigenvalue weighted by Gasteiger charge is 2.50. The molecule has 1 fully saturated rings. The molecule has 0 aromatic heterocycles. The number of aliphatic carboxylic acids is 1. The van der Waals surface area contributed by atoms with Gasteiger partial charge in [-0.1, -0.05) is 44.2 Å². The van der Waals surface area contributed by atoms with Gasteiger partial charge < -0.3 is 24.3 Å². The second-order valence-electron chi connectivity index (χ2n) is 6.33. The van der Waals surface area contributed by atoms with Gasteiger partial charge in [-0.15, -0.1) is 0 Å².